The molecule has 0 saturated heterocycles. The second kappa shape index (κ2) is 7.48. The average Bonchev–Trinajstić information content (AvgIpc) is 2.47. The van der Waals surface area contributed by atoms with Crippen molar-refractivity contribution in [2.24, 2.45) is 0 Å². The van der Waals surface area contributed by atoms with Crippen molar-refractivity contribution in [3.05, 3.63) is 64.4 Å². The van der Waals surface area contributed by atoms with Crippen molar-refractivity contribution in [2.45, 2.75) is 25.8 Å². The SMILES string of the molecule is CCCNC(Cc1c(F)cccc1Cl)c1ccc(F)cn1. The third-order valence-electron chi connectivity index (χ3n) is 3.22. The van der Waals surface area contributed by atoms with E-state index in [1.165, 1.54) is 18.3 Å². The molecule has 1 atom stereocenters. The maximum absolute atomic E-state index is 13.9. The van der Waals surface area contributed by atoms with Gasteiger partial charge in [-0.05, 0) is 43.7 Å². The van der Waals surface area contributed by atoms with Crippen LogP contribution < -0.4 is 5.32 Å². The normalized spacial score (nSPS) is 12.4. The van der Waals surface area contributed by atoms with Crippen LogP contribution in [0.15, 0.2) is 36.5 Å². The molecule has 0 saturated carbocycles. The van der Waals surface area contributed by atoms with E-state index in [0.29, 0.717) is 22.7 Å². The number of aromatic nitrogens is 1. The van der Waals surface area contributed by atoms with Crippen LogP contribution in [0.4, 0.5) is 8.78 Å². The molecule has 2 rings (SSSR count). The quantitative estimate of drug-likeness (QED) is 0.860. The summed E-state index contributed by atoms with van der Waals surface area (Å²) >= 11 is 6.07. The summed E-state index contributed by atoms with van der Waals surface area (Å²) in [6.07, 6.45) is 2.46. The lowest BCUT2D eigenvalue weighted by Crippen LogP contribution is -2.25. The van der Waals surface area contributed by atoms with Crippen LogP contribution in [0.3, 0.4) is 0 Å². The van der Waals surface area contributed by atoms with E-state index in [1.54, 1.807) is 18.2 Å². The second-order valence-electron chi connectivity index (χ2n) is 4.81. The van der Waals surface area contributed by atoms with Crippen LogP contribution in [0, 0.1) is 11.6 Å². The third kappa shape index (κ3) is 4.22. The van der Waals surface area contributed by atoms with E-state index in [1.807, 2.05) is 6.92 Å². The lowest BCUT2D eigenvalue weighted by Gasteiger charge is -2.19. The summed E-state index contributed by atoms with van der Waals surface area (Å²) in [5.41, 5.74) is 1.11. The number of hydrogen-bond donors (Lipinski definition) is 1. The first-order valence-electron chi connectivity index (χ1n) is 6.89. The molecule has 0 amide bonds. The molecule has 0 aliphatic carbocycles. The van der Waals surface area contributed by atoms with Crippen LogP contribution >= 0.6 is 11.6 Å². The topological polar surface area (TPSA) is 24.9 Å². The molecule has 5 heteroatoms. The molecule has 1 unspecified atom stereocenters. The van der Waals surface area contributed by atoms with Gasteiger partial charge in [0.05, 0.1) is 17.9 Å². The molecule has 0 aliphatic rings. The molecule has 1 aromatic carbocycles. The van der Waals surface area contributed by atoms with Gasteiger partial charge >= 0.3 is 0 Å². The Morgan fingerprint density at radius 2 is 2.05 bits per heavy atom. The predicted molar refractivity (Wildman–Crippen MR) is 80.3 cm³/mol. The van der Waals surface area contributed by atoms with Gasteiger partial charge in [0.2, 0.25) is 0 Å². The molecule has 1 heterocycles. The number of nitrogens with one attached hydrogen (secondary N) is 1. The molecule has 1 aromatic heterocycles. The highest BCUT2D eigenvalue weighted by atomic mass is 35.5. The molecule has 0 radical (unpaired) electrons. The zero-order valence-corrected chi connectivity index (χ0v) is 12.5. The Morgan fingerprint density at radius 1 is 1.24 bits per heavy atom. The Kier molecular flexibility index (Phi) is 5.65. The van der Waals surface area contributed by atoms with Gasteiger partial charge in [-0.25, -0.2) is 8.78 Å². The zero-order valence-electron chi connectivity index (χ0n) is 11.7. The molecule has 1 N–H and O–H groups in total. The van der Waals surface area contributed by atoms with Crippen LogP contribution in [0.1, 0.15) is 30.6 Å². The van der Waals surface area contributed by atoms with Crippen molar-refractivity contribution < 1.29 is 8.78 Å². The number of halogens is 3. The molecule has 0 aliphatic heterocycles. The summed E-state index contributed by atoms with van der Waals surface area (Å²) in [6, 6.07) is 7.38. The van der Waals surface area contributed by atoms with Crippen molar-refractivity contribution in [2.75, 3.05) is 6.54 Å². The number of pyridine rings is 1. The summed E-state index contributed by atoms with van der Waals surface area (Å²) in [7, 11) is 0. The standard InChI is InChI=1S/C16H17ClF2N2/c1-2-8-20-16(15-7-6-11(18)10-21-15)9-12-13(17)4-3-5-14(12)19/h3-7,10,16,20H,2,8-9H2,1H3. The molecule has 0 fully saturated rings. The highest BCUT2D eigenvalue weighted by Gasteiger charge is 2.17. The number of rotatable bonds is 6. The van der Waals surface area contributed by atoms with Crippen LogP contribution in [-0.2, 0) is 6.42 Å². The monoisotopic (exact) mass is 310 g/mol. The van der Waals surface area contributed by atoms with Gasteiger partial charge in [0.25, 0.3) is 0 Å². The van der Waals surface area contributed by atoms with Crippen molar-refractivity contribution in [3.8, 4) is 0 Å². The average molecular weight is 311 g/mol. The van der Waals surface area contributed by atoms with E-state index < -0.39 is 5.82 Å². The van der Waals surface area contributed by atoms with E-state index in [2.05, 4.69) is 10.3 Å². The van der Waals surface area contributed by atoms with Gasteiger partial charge in [0.1, 0.15) is 11.6 Å². The van der Waals surface area contributed by atoms with Gasteiger partial charge < -0.3 is 5.32 Å². The Hall–Kier alpha value is -1.52. The van der Waals surface area contributed by atoms with Gasteiger partial charge in [0, 0.05) is 10.6 Å². The molecule has 0 spiro atoms. The highest BCUT2D eigenvalue weighted by molar-refractivity contribution is 6.31. The number of nitrogens with zero attached hydrogens (tertiary/aromatic N) is 1. The summed E-state index contributed by atoms with van der Waals surface area (Å²) < 4.78 is 26.9. The van der Waals surface area contributed by atoms with Crippen LogP contribution in [0.2, 0.25) is 5.02 Å². The molecule has 2 nitrogen and oxygen atoms in total. The Bertz CT molecular complexity index is 567. The van der Waals surface area contributed by atoms with Gasteiger partial charge in [0.15, 0.2) is 0 Å². The van der Waals surface area contributed by atoms with E-state index in [9.17, 15) is 8.78 Å². The number of hydrogen-bond acceptors (Lipinski definition) is 2. The Morgan fingerprint density at radius 3 is 2.67 bits per heavy atom. The van der Waals surface area contributed by atoms with Gasteiger partial charge in [-0.2, -0.15) is 0 Å². The Balaban J connectivity index is 2.26. The minimum atomic E-state index is -0.392. The van der Waals surface area contributed by atoms with E-state index >= 15 is 0 Å². The van der Waals surface area contributed by atoms with Gasteiger partial charge in [-0.1, -0.05) is 24.6 Å². The van der Waals surface area contributed by atoms with Crippen LogP contribution in [-0.4, -0.2) is 11.5 Å². The first-order chi connectivity index (χ1) is 10.1. The fraction of sp³-hybridized carbons (Fsp3) is 0.312. The first-order valence-corrected chi connectivity index (χ1v) is 7.27. The summed E-state index contributed by atoms with van der Waals surface area (Å²) in [6.45, 7) is 2.80. The van der Waals surface area contributed by atoms with Crippen molar-refractivity contribution in [1.29, 1.82) is 0 Å². The molecule has 0 bridgehead atoms. The summed E-state index contributed by atoms with van der Waals surface area (Å²) in [5, 5.41) is 3.69. The summed E-state index contributed by atoms with van der Waals surface area (Å²) in [5.74, 6) is -0.732. The van der Waals surface area contributed by atoms with Crippen LogP contribution in [0.25, 0.3) is 0 Å². The van der Waals surface area contributed by atoms with Crippen molar-refractivity contribution in [1.82, 2.24) is 10.3 Å². The first kappa shape index (κ1) is 15.9. The van der Waals surface area contributed by atoms with Gasteiger partial charge in [-0.15, -0.1) is 0 Å². The van der Waals surface area contributed by atoms with E-state index in [-0.39, 0.29) is 11.9 Å². The largest absolute Gasteiger partial charge is 0.308 e. The van der Waals surface area contributed by atoms with Gasteiger partial charge in [-0.3, -0.25) is 4.98 Å². The second-order valence-corrected chi connectivity index (χ2v) is 5.22. The fourth-order valence-corrected chi connectivity index (χ4v) is 2.36. The summed E-state index contributed by atoms with van der Waals surface area (Å²) in [4.78, 5) is 4.08. The number of benzene rings is 1. The smallest absolute Gasteiger partial charge is 0.141 e. The molecule has 2 aromatic rings. The predicted octanol–water partition coefficient (Wildman–Crippen LogP) is 4.30. The fourth-order valence-electron chi connectivity index (χ4n) is 2.12. The maximum atomic E-state index is 13.9. The third-order valence-corrected chi connectivity index (χ3v) is 3.57. The maximum Gasteiger partial charge on any atom is 0.141 e. The molecule has 112 valence electrons. The minimum Gasteiger partial charge on any atom is -0.308 e. The Labute approximate surface area is 128 Å². The van der Waals surface area contributed by atoms with Crippen LogP contribution in [0.5, 0.6) is 0 Å². The molecule has 21 heavy (non-hydrogen) atoms. The lowest BCUT2D eigenvalue weighted by molar-refractivity contribution is 0.501. The minimum absolute atomic E-state index is 0.208. The molecular formula is C16H17ClF2N2. The zero-order chi connectivity index (χ0) is 15.2. The van der Waals surface area contributed by atoms with Crippen molar-refractivity contribution in [3.63, 3.8) is 0 Å². The lowest BCUT2D eigenvalue weighted by atomic mass is 10.0. The van der Waals surface area contributed by atoms with E-state index in [0.717, 1.165) is 13.0 Å². The van der Waals surface area contributed by atoms with Crippen molar-refractivity contribution >= 4 is 11.6 Å². The highest BCUT2D eigenvalue weighted by Crippen LogP contribution is 2.25. The molecular weight excluding hydrogens is 294 g/mol. The van der Waals surface area contributed by atoms with E-state index in [4.69, 9.17) is 11.6 Å².